The molecule has 0 fully saturated rings. The number of carboxylic acids is 1. The predicted molar refractivity (Wildman–Crippen MR) is 59.7 cm³/mol. The Morgan fingerprint density at radius 3 is 2.83 bits per heavy atom. The van der Waals surface area contributed by atoms with Crippen LogP contribution in [0.25, 0.3) is 0 Å². The number of aliphatic hydroxyl groups excluding tert-OH is 1. The van der Waals surface area contributed by atoms with Crippen molar-refractivity contribution in [2.24, 2.45) is 0 Å². The smallest absolute Gasteiger partial charge is 0.326 e. The fourth-order valence-corrected chi connectivity index (χ4v) is 1.24. The Balaban J connectivity index is 2.25. The molecule has 0 bridgehead atoms. The van der Waals surface area contributed by atoms with Crippen LogP contribution in [0.1, 0.15) is 12.2 Å². The molecule has 1 heterocycles. The Kier molecular flexibility index (Phi) is 5.58. The zero-order chi connectivity index (χ0) is 13.4. The number of hydrogen-bond acceptors (Lipinski definition) is 5. The number of hydrogen-bond donors (Lipinski definition) is 5. The summed E-state index contributed by atoms with van der Waals surface area (Å²) < 4.78 is 0. The number of aromatic nitrogens is 3. The molecule has 0 aliphatic rings. The van der Waals surface area contributed by atoms with E-state index in [1.54, 1.807) is 0 Å². The van der Waals surface area contributed by atoms with Crippen LogP contribution in [-0.2, 0) is 11.2 Å². The quantitative estimate of drug-likeness (QED) is 0.402. The highest BCUT2D eigenvalue weighted by molar-refractivity contribution is 5.82. The van der Waals surface area contributed by atoms with Gasteiger partial charge in [0.2, 0.25) is 0 Å². The van der Waals surface area contributed by atoms with Gasteiger partial charge in [-0.3, -0.25) is 5.10 Å². The molecule has 0 radical (unpaired) electrons. The van der Waals surface area contributed by atoms with E-state index in [9.17, 15) is 9.59 Å². The number of aliphatic carboxylic acids is 1. The first-order valence-electron chi connectivity index (χ1n) is 5.35. The van der Waals surface area contributed by atoms with Crippen molar-refractivity contribution in [1.29, 1.82) is 0 Å². The SMILES string of the molecule is O=C(NCCc1ncn[nH]1)N[C@@H](CCO)C(=O)O. The summed E-state index contributed by atoms with van der Waals surface area (Å²) in [6.07, 6.45) is 1.78. The van der Waals surface area contributed by atoms with E-state index in [2.05, 4.69) is 25.8 Å². The third-order valence-corrected chi connectivity index (χ3v) is 2.13. The molecule has 18 heavy (non-hydrogen) atoms. The van der Waals surface area contributed by atoms with Gasteiger partial charge in [-0.25, -0.2) is 14.6 Å². The maximum Gasteiger partial charge on any atom is 0.326 e. The summed E-state index contributed by atoms with van der Waals surface area (Å²) >= 11 is 0. The van der Waals surface area contributed by atoms with Crippen LogP contribution in [-0.4, -0.2) is 56.6 Å². The van der Waals surface area contributed by atoms with Crippen molar-refractivity contribution in [1.82, 2.24) is 25.8 Å². The number of amides is 2. The van der Waals surface area contributed by atoms with Gasteiger partial charge in [-0.05, 0) is 0 Å². The summed E-state index contributed by atoms with van der Waals surface area (Å²) in [4.78, 5) is 25.9. The van der Waals surface area contributed by atoms with Gasteiger partial charge in [0, 0.05) is 26.0 Å². The molecule has 2 amide bonds. The minimum atomic E-state index is -1.19. The van der Waals surface area contributed by atoms with E-state index < -0.39 is 18.0 Å². The molecule has 5 N–H and O–H groups in total. The monoisotopic (exact) mass is 257 g/mol. The van der Waals surface area contributed by atoms with E-state index in [0.29, 0.717) is 18.8 Å². The van der Waals surface area contributed by atoms with Crippen molar-refractivity contribution in [3.05, 3.63) is 12.2 Å². The lowest BCUT2D eigenvalue weighted by Gasteiger charge is -2.13. The fraction of sp³-hybridized carbons (Fsp3) is 0.556. The second kappa shape index (κ2) is 7.22. The Morgan fingerprint density at radius 1 is 1.50 bits per heavy atom. The molecule has 1 atom stereocenters. The van der Waals surface area contributed by atoms with Gasteiger partial charge in [0.25, 0.3) is 0 Å². The molecule has 0 spiro atoms. The van der Waals surface area contributed by atoms with Crippen LogP contribution in [0, 0.1) is 0 Å². The second-order valence-electron chi connectivity index (χ2n) is 3.49. The molecule has 1 aromatic rings. The highest BCUT2D eigenvalue weighted by Gasteiger charge is 2.18. The number of carbonyl (C=O) groups excluding carboxylic acids is 1. The normalized spacial score (nSPS) is 11.8. The van der Waals surface area contributed by atoms with Crippen LogP contribution < -0.4 is 10.6 Å². The largest absolute Gasteiger partial charge is 0.480 e. The van der Waals surface area contributed by atoms with Gasteiger partial charge in [-0.15, -0.1) is 0 Å². The van der Waals surface area contributed by atoms with Crippen LogP contribution in [0.4, 0.5) is 4.79 Å². The van der Waals surface area contributed by atoms with Gasteiger partial charge in [0.05, 0.1) is 0 Å². The lowest BCUT2D eigenvalue weighted by molar-refractivity contribution is -0.139. The maximum atomic E-state index is 11.3. The van der Waals surface area contributed by atoms with E-state index in [0.717, 1.165) is 0 Å². The van der Waals surface area contributed by atoms with E-state index >= 15 is 0 Å². The number of carbonyl (C=O) groups is 2. The minimum Gasteiger partial charge on any atom is -0.480 e. The predicted octanol–water partition coefficient (Wildman–Crippen LogP) is -1.52. The molecule has 9 heteroatoms. The van der Waals surface area contributed by atoms with Crippen LogP contribution in [0.5, 0.6) is 0 Å². The standard InChI is InChI=1S/C9H15N5O4/c15-4-2-6(8(16)17)13-9(18)10-3-1-7-11-5-12-14-7/h5-6,15H,1-4H2,(H,16,17)(H2,10,13,18)(H,11,12,14)/t6-/m0/s1. The molecule has 9 nitrogen and oxygen atoms in total. The molecule has 1 aromatic heterocycles. The van der Waals surface area contributed by atoms with Gasteiger partial charge in [0.1, 0.15) is 18.2 Å². The average molecular weight is 257 g/mol. The van der Waals surface area contributed by atoms with Gasteiger partial charge >= 0.3 is 12.0 Å². The van der Waals surface area contributed by atoms with Crippen LogP contribution in [0.3, 0.4) is 0 Å². The Morgan fingerprint density at radius 2 is 2.28 bits per heavy atom. The van der Waals surface area contributed by atoms with Crippen molar-refractivity contribution >= 4 is 12.0 Å². The van der Waals surface area contributed by atoms with E-state index in [1.807, 2.05) is 0 Å². The third kappa shape index (κ3) is 4.78. The van der Waals surface area contributed by atoms with Gasteiger partial charge < -0.3 is 20.8 Å². The minimum absolute atomic E-state index is 0.0368. The number of nitrogens with one attached hydrogen (secondary N) is 3. The third-order valence-electron chi connectivity index (χ3n) is 2.13. The second-order valence-corrected chi connectivity index (χ2v) is 3.49. The van der Waals surface area contributed by atoms with E-state index in [1.165, 1.54) is 6.33 Å². The van der Waals surface area contributed by atoms with Crippen molar-refractivity contribution in [2.45, 2.75) is 18.9 Å². The number of rotatable bonds is 7. The molecule has 0 saturated heterocycles. The molecule has 100 valence electrons. The lowest BCUT2D eigenvalue weighted by atomic mass is 10.2. The van der Waals surface area contributed by atoms with Gasteiger partial charge in [-0.1, -0.05) is 0 Å². The topological polar surface area (TPSA) is 140 Å². The molecule has 0 saturated carbocycles. The highest BCUT2D eigenvalue weighted by atomic mass is 16.4. The Hall–Kier alpha value is -2.16. The molecular weight excluding hydrogens is 242 g/mol. The maximum absolute atomic E-state index is 11.3. The number of carboxylic acid groups (broad SMARTS) is 1. The summed E-state index contributed by atoms with van der Waals surface area (Å²) in [6.45, 7) is -0.0121. The zero-order valence-electron chi connectivity index (χ0n) is 9.59. The van der Waals surface area contributed by atoms with Crippen molar-refractivity contribution in [3.63, 3.8) is 0 Å². The number of urea groups is 1. The number of aliphatic hydroxyl groups is 1. The van der Waals surface area contributed by atoms with Crippen molar-refractivity contribution < 1.29 is 19.8 Å². The average Bonchev–Trinajstić information content (AvgIpc) is 2.81. The van der Waals surface area contributed by atoms with Gasteiger partial charge in [0.15, 0.2) is 0 Å². The highest BCUT2D eigenvalue weighted by Crippen LogP contribution is 1.91. The van der Waals surface area contributed by atoms with E-state index in [-0.39, 0.29) is 13.0 Å². The summed E-state index contributed by atoms with van der Waals surface area (Å²) in [5, 5.41) is 28.4. The summed E-state index contributed by atoms with van der Waals surface area (Å²) in [6, 6.07) is -1.70. The number of nitrogens with zero attached hydrogens (tertiary/aromatic N) is 2. The summed E-state index contributed by atoms with van der Waals surface area (Å²) in [5.74, 6) is -0.560. The van der Waals surface area contributed by atoms with Gasteiger partial charge in [-0.2, -0.15) is 5.10 Å². The van der Waals surface area contributed by atoms with Crippen LogP contribution >= 0.6 is 0 Å². The van der Waals surface area contributed by atoms with Crippen molar-refractivity contribution in [3.8, 4) is 0 Å². The van der Waals surface area contributed by atoms with Crippen LogP contribution in [0.2, 0.25) is 0 Å². The zero-order valence-corrected chi connectivity index (χ0v) is 9.59. The molecular formula is C9H15N5O4. The van der Waals surface area contributed by atoms with E-state index in [4.69, 9.17) is 10.2 Å². The first-order valence-corrected chi connectivity index (χ1v) is 5.35. The molecule has 0 aromatic carbocycles. The number of H-pyrrole nitrogens is 1. The Labute approximate surface area is 103 Å². The van der Waals surface area contributed by atoms with Crippen LogP contribution in [0.15, 0.2) is 6.33 Å². The molecule has 0 aliphatic carbocycles. The molecule has 0 aliphatic heterocycles. The summed E-state index contributed by atoms with van der Waals surface area (Å²) in [7, 11) is 0. The number of aromatic amines is 1. The fourth-order valence-electron chi connectivity index (χ4n) is 1.24. The Bertz CT molecular complexity index is 380. The van der Waals surface area contributed by atoms with Crippen molar-refractivity contribution in [2.75, 3.05) is 13.2 Å². The lowest BCUT2D eigenvalue weighted by Crippen LogP contribution is -2.46. The summed E-state index contributed by atoms with van der Waals surface area (Å²) in [5.41, 5.74) is 0. The first-order chi connectivity index (χ1) is 8.63. The molecule has 0 unspecified atom stereocenters. The molecule has 1 rings (SSSR count). The first kappa shape index (κ1) is 13.9.